The van der Waals surface area contributed by atoms with Gasteiger partial charge in [0.15, 0.2) is 0 Å². The second-order valence-corrected chi connectivity index (χ2v) is 10.8. The summed E-state index contributed by atoms with van der Waals surface area (Å²) >= 11 is 0. The number of allylic oxidation sites excluding steroid dienone is 1. The van der Waals surface area contributed by atoms with Crippen molar-refractivity contribution in [3.8, 4) is 0 Å². The van der Waals surface area contributed by atoms with E-state index in [2.05, 4.69) is 26.8 Å². The summed E-state index contributed by atoms with van der Waals surface area (Å²) in [6.45, 7) is 6.91. The van der Waals surface area contributed by atoms with Crippen LogP contribution < -0.4 is 0 Å². The first-order chi connectivity index (χ1) is 13.9. The summed E-state index contributed by atoms with van der Waals surface area (Å²) < 4.78 is 5.88. The van der Waals surface area contributed by atoms with Gasteiger partial charge in [-0.3, -0.25) is 9.59 Å². The second-order valence-electron chi connectivity index (χ2n) is 10.8. The maximum atomic E-state index is 12.6. The molecule has 3 fully saturated rings. The topological polar surface area (TPSA) is 43.4 Å². The molecular formula is C26H40O3. The molecule has 4 rings (SSSR count). The third kappa shape index (κ3) is 3.72. The molecule has 0 bridgehead atoms. The van der Waals surface area contributed by atoms with E-state index in [1.807, 2.05) is 0 Å². The molecule has 3 saturated carbocycles. The van der Waals surface area contributed by atoms with Crippen LogP contribution >= 0.6 is 0 Å². The maximum Gasteiger partial charge on any atom is 0.306 e. The number of ether oxygens (including phenoxy) is 1. The first-order valence-electron chi connectivity index (χ1n) is 12.3. The molecule has 1 unspecified atom stereocenters. The highest BCUT2D eigenvalue weighted by Gasteiger charge is 2.58. The van der Waals surface area contributed by atoms with E-state index in [4.69, 9.17) is 4.74 Å². The van der Waals surface area contributed by atoms with Crippen molar-refractivity contribution in [2.75, 3.05) is 0 Å². The summed E-state index contributed by atoms with van der Waals surface area (Å²) in [4.78, 5) is 24.8. The van der Waals surface area contributed by atoms with E-state index in [0.29, 0.717) is 30.0 Å². The highest BCUT2D eigenvalue weighted by atomic mass is 16.5. The van der Waals surface area contributed by atoms with Crippen LogP contribution in [0.2, 0.25) is 0 Å². The SMILES string of the molecule is CCCCCCC(=O)O[C@H]1CC[C@@]2(C)C(=CC[C@H]3C4CCC(=O)[C@@]4(C)CC[C@@H]32)C1. The average molecular weight is 401 g/mol. The minimum Gasteiger partial charge on any atom is -0.462 e. The lowest BCUT2D eigenvalue weighted by Crippen LogP contribution is -2.50. The van der Waals surface area contributed by atoms with E-state index in [1.54, 1.807) is 5.57 Å². The molecule has 162 valence electrons. The molecule has 0 radical (unpaired) electrons. The summed E-state index contributed by atoms with van der Waals surface area (Å²) in [5.41, 5.74) is 1.74. The number of Topliss-reactive ketones (excluding diaryl/α,β-unsaturated/α-hetero) is 1. The summed E-state index contributed by atoms with van der Waals surface area (Å²) in [6.07, 6.45) is 16.0. The molecule has 0 aliphatic heterocycles. The van der Waals surface area contributed by atoms with Crippen molar-refractivity contribution in [2.24, 2.45) is 28.6 Å². The molecule has 3 heteroatoms. The van der Waals surface area contributed by atoms with E-state index < -0.39 is 0 Å². The van der Waals surface area contributed by atoms with Crippen LogP contribution in [-0.4, -0.2) is 17.9 Å². The summed E-state index contributed by atoms with van der Waals surface area (Å²) in [5, 5.41) is 0. The molecule has 0 amide bonds. The zero-order valence-corrected chi connectivity index (χ0v) is 18.8. The van der Waals surface area contributed by atoms with E-state index in [1.165, 1.54) is 19.3 Å². The van der Waals surface area contributed by atoms with Gasteiger partial charge in [0, 0.05) is 24.7 Å². The van der Waals surface area contributed by atoms with Gasteiger partial charge in [0.1, 0.15) is 11.9 Å². The minimum absolute atomic E-state index is 0.00175. The summed E-state index contributed by atoms with van der Waals surface area (Å²) in [5.74, 6) is 2.49. The highest BCUT2D eigenvalue weighted by Crippen LogP contribution is 2.64. The molecule has 29 heavy (non-hydrogen) atoms. The van der Waals surface area contributed by atoms with E-state index in [-0.39, 0.29) is 22.9 Å². The first-order valence-corrected chi connectivity index (χ1v) is 12.3. The Morgan fingerprint density at radius 1 is 1.07 bits per heavy atom. The molecule has 0 N–H and O–H groups in total. The van der Waals surface area contributed by atoms with Crippen LogP contribution in [0.5, 0.6) is 0 Å². The highest BCUT2D eigenvalue weighted by molar-refractivity contribution is 5.87. The van der Waals surface area contributed by atoms with Crippen LogP contribution in [0.3, 0.4) is 0 Å². The van der Waals surface area contributed by atoms with Crippen molar-refractivity contribution in [1.82, 2.24) is 0 Å². The first kappa shape index (κ1) is 21.1. The molecule has 0 aromatic rings. The molecule has 3 nitrogen and oxygen atoms in total. The number of fused-ring (bicyclic) bond motifs is 5. The number of ketones is 1. The van der Waals surface area contributed by atoms with E-state index in [0.717, 1.165) is 57.8 Å². The smallest absolute Gasteiger partial charge is 0.306 e. The average Bonchev–Trinajstić information content (AvgIpc) is 3.00. The standard InChI is InChI=1S/C26H40O3/c1-4-5-6-7-8-24(28)29-19-13-15-25(2)18(17-19)9-10-20-21-11-12-23(27)26(21,3)16-14-22(20)25/h9,19-22H,4-8,10-17H2,1-3H3/t19-,20-,21?,22-,25-,26-/m0/s1. The number of hydrogen-bond donors (Lipinski definition) is 0. The number of carbonyl (C=O) groups excluding carboxylic acids is 2. The van der Waals surface area contributed by atoms with Gasteiger partial charge in [0.05, 0.1) is 0 Å². The number of unbranched alkanes of at least 4 members (excludes halogenated alkanes) is 3. The Labute approximate surface area is 177 Å². The van der Waals surface area contributed by atoms with Gasteiger partial charge in [-0.1, -0.05) is 51.7 Å². The fourth-order valence-corrected chi connectivity index (χ4v) is 7.44. The second kappa shape index (κ2) is 8.19. The van der Waals surface area contributed by atoms with Crippen LogP contribution in [0, 0.1) is 28.6 Å². The molecule has 0 aromatic heterocycles. The van der Waals surface area contributed by atoms with Crippen molar-refractivity contribution in [3.05, 3.63) is 11.6 Å². The quantitative estimate of drug-likeness (QED) is 0.294. The van der Waals surface area contributed by atoms with Crippen LogP contribution in [0.4, 0.5) is 0 Å². The van der Waals surface area contributed by atoms with Crippen LogP contribution in [0.25, 0.3) is 0 Å². The van der Waals surface area contributed by atoms with Crippen molar-refractivity contribution in [1.29, 1.82) is 0 Å². The number of carbonyl (C=O) groups is 2. The van der Waals surface area contributed by atoms with Crippen molar-refractivity contribution in [2.45, 2.75) is 110 Å². The lowest BCUT2D eigenvalue weighted by Gasteiger charge is -2.56. The molecule has 0 saturated heterocycles. The normalized spacial score (nSPS) is 41.2. The van der Waals surface area contributed by atoms with Gasteiger partial charge in [-0.15, -0.1) is 0 Å². The molecule has 6 atom stereocenters. The monoisotopic (exact) mass is 400 g/mol. The lowest BCUT2D eigenvalue weighted by molar-refractivity contribution is -0.151. The molecular weight excluding hydrogens is 360 g/mol. The van der Waals surface area contributed by atoms with Gasteiger partial charge in [0.2, 0.25) is 0 Å². The fourth-order valence-electron chi connectivity index (χ4n) is 7.44. The van der Waals surface area contributed by atoms with Crippen LogP contribution in [0.1, 0.15) is 104 Å². The number of hydrogen-bond acceptors (Lipinski definition) is 3. The third-order valence-corrected chi connectivity index (χ3v) is 9.30. The molecule has 0 spiro atoms. The van der Waals surface area contributed by atoms with Gasteiger partial charge >= 0.3 is 5.97 Å². The number of rotatable bonds is 6. The zero-order chi connectivity index (χ0) is 20.6. The van der Waals surface area contributed by atoms with Crippen LogP contribution in [-0.2, 0) is 14.3 Å². The molecule has 0 aromatic carbocycles. The Kier molecular flexibility index (Phi) is 5.97. The predicted octanol–water partition coefficient (Wildman–Crippen LogP) is 6.40. The fraction of sp³-hybridized carbons (Fsp3) is 0.846. The van der Waals surface area contributed by atoms with Crippen molar-refractivity contribution >= 4 is 11.8 Å². The molecule has 0 heterocycles. The maximum absolute atomic E-state index is 12.6. The van der Waals surface area contributed by atoms with Gasteiger partial charge in [-0.25, -0.2) is 0 Å². The van der Waals surface area contributed by atoms with E-state index >= 15 is 0 Å². The van der Waals surface area contributed by atoms with Crippen molar-refractivity contribution in [3.63, 3.8) is 0 Å². The Bertz CT molecular complexity index is 679. The predicted molar refractivity (Wildman–Crippen MR) is 115 cm³/mol. The zero-order valence-electron chi connectivity index (χ0n) is 18.8. The van der Waals surface area contributed by atoms with Gasteiger partial charge in [0.25, 0.3) is 0 Å². The van der Waals surface area contributed by atoms with Gasteiger partial charge in [-0.2, -0.15) is 0 Å². The van der Waals surface area contributed by atoms with Crippen LogP contribution in [0.15, 0.2) is 11.6 Å². The van der Waals surface area contributed by atoms with Gasteiger partial charge < -0.3 is 4.74 Å². The largest absolute Gasteiger partial charge is 0.462 e. The summed E-state index contributed by atoms with van der Waals surface area (Å²) in [7, 11) is 0. The van der Waals surface area contributed by atoms with Crippen molar-refractivity contribution < 1.29 is 14.3 Å². The Hall–Kier alpha value is -1.12. The molecule has 4 aliphatic rings. The van der Waals surface area contributed by atoms with E-state index in [9.17, 15) is 9.59 Å². The minimum atomic E-state index is -0.0482. The Morgan fingerprint density at radius 2 is 1.83 bits per heavy atom. The van der Waals surface area contributed by atoms with Gasteiger partial charge in [-0.05, 0) is 68.1 Å². The lowest BCUT2D eigenvalue weighted by atomic mass is 9.48. The number of esters is 1. The molecule has 4 aliphatic carbocycles. The third-order valence-electron chi connectivity index (χ3n) is 9.30. The Morgan fingerprint density at radius 3 is 2.62 bits per heavy atom. The summed E-state index contributed by atoms with van der Waals surface area (Å²) in [6, 6.07) is 0. The Balaban J connectivity index is 1.39.